The van der Waals surface area contributed by atoms with Gasteiger partial charge in [-0.3, -0.25) is 13.9 Å². The summed E-state index contributed by atoms with van der Waals surface area (Å²) in [4.78, 5) is 39.1. The Morgan fingerprint density at radius 2 is 1.86 bits per heavy atom. The molecule has 10 heteroatoms. The zero-order chi connectivity index (χ0) is 21.1. The highest BCUT2D eigenvalue weighted by Crippen LogP contribution is 2.27. The zero-order valence-corrected chi connectivity index (χ0v) is 18.2. The van der Waals surface area contributed by atoms with Crippen LogP contribution in [0.25, 0.3) is 11.0 Å². The number of aromatic nitrogens is 6. The van der Waals surface area contributed by atoms with Gasteiger partial charge in [-0.25, -0.2) is 14.8 Å². The highest BCUT2D eigenvalue weighted by atomic mass is 32.2. The van der Waals surface area contributed by atoms with Gasteiger partial charge in [-0.1, -0.05) is 44.6 Å². The summed E-state index contributed by atoms with van der Waals surface area (Å²) < 4.78 is 7.97. The van der Waals surface area contributed by atoms with Crippen LogP contribution >= 0.6 is 11.8 Å². The summed E-state index contributed by atoms with van der Waals surface area (Å²) in [5, 5.41) is 4.84. The Bertz CT molecular complexity index is 1130. The van der Waals surface area contributed by atoms with Crippen LogP contribution in [0.4, 0.5) is 0 Å². The molecule has 0 aliphatic carbocycles. The Hall–Kier alpha value is -2.49. The Labute approximate surface area is 172 Å². The molecule has 156 valence electrons. The average Bonchev–Trinajstić information content (AvgIpc) is 3.15. The van der Waals surface area contributed by atoms with Gasteiger partial charge in [-0.2, -0.15) is 4.98 Å². The first-order chi connectivity index (χ1) is 13.9. The molecule has 0 amide bonds. The van der Waals surface area contributed by atoms with E-state index in [2.05, 4.69) is 27.0 Å². The molecule has 0 radical (unpaired) electrons. The van der Waals surface area contributed by atoms with E-state index in [1.807, 2.05) is 20.8 Å². The molecule has 0 bridgehead atoms. The molecular formula is C19H26N6O3S. The molecule has 9 nitrogen and oxygen atoms in total. The molecule has 0 saturated heterocycles. The third kappa shape index (κ3) is 4.26. The minimum absolute atomic E-state index is 0.0487. The molecule has 0 unspecified atom stereocenters. The molecule has 0 aliphatic rings. The molecule has 29 heavy (non-hydrogen) atoms. The summed E-state index contributed by atoms with van der Waals surface area (Å²) in [6, 6.07) is 0. The third-order valence-electron chi connectivity index (χ3n) is 4.45. The molecule has 0 aromatic carbocycles. The number of hydrogen-bond donors (Lipinski definition) is 0. The van der Waals surface area contributed by atoms with Crippen LogP contribution in [0.5, 0.6) is 0 Å². The number of aryl methyl sites for hydroxylation is 2. The van der Waals surface area contributed by atoms with Crippen LogP contribution in [-0.2, 0) is 25.8 Å². The van der Waals surface area contributed by atoms with Crippen molar-refractivity contribution in [1.29, 1.82) is 0 Å². The van der Waals surface area contributed by atoms with Crippen LogP contribution in [0.15, 0.2) is 19.1 Å². The van der Waals surface area contributed by atoms with Crippen LogP contribution in [0.1, 0.15) is 64.0 Å². The van der Waals surface area contributed by atoms with E-state index in [4.69, 9.17) is 4.52 Å². The second-order valence-electron chi connectivity index (χ2n) is 7.18. The SMILES string of the molecule is CCCc1noc(CSc2nc(C(C)C)nc3c2c(=O)n(C)c(=O)n3CCC)n1. The van der Waals surface area contributed by atoms with Gasteiger partial charge in [-0.05, 0) is 12.8 Å². The molecule has 0 atom stereocenters. The third-order valence-corrected chi connectivity index (χ3v) is 5.41. The van der Waals surface area contributed by atoms with Crippen molar-refractivity contribution in [2.45, 2.75) is 70.2 Å². The first kappa shape index (κ1) is 21.2. The van der Waals surface area contributed by atoms with Crippen molar-refractivity contribution in [3.8, 4) is 0 Å². The van der Waals surface area contributed by atoms with Crippen LogP contribution in [0.2, 0.25) is 0 Å². The van der Waals surface area contributed by atoms with E-state index >= 15 is 0 Å². The Morgan fingerprint density at radius 3 is 2.52 bits per heavy atom. The van der Waals surface area contributed by atoms with E-state index in [9.17, 15) is 9.59 Å². The average molecular weight is 419 g/mol. The summed E-state index contributed by atoms with van der Waals surface area (Å²) in [6.45, 7) is 8.47. The van der Waals surface area contributed by atoms with Gasteiger partial charge >= 0.3 is 5.69 Å². The van der Waals surface area contributed by atoms with Gasteiger partial charge in [0.25, 0.3) is 5.56 Å². The summed E-state index contributed by atoms with van der Waals surface area (Å²) >= 11 is 1.35. The van der Waals surface area contributed by atoms with Gasteiger partial charge in [0.1, 0.15) is 16.2 Å². The van der Waals surface area contributed by atoms with E-state index < -0.39 is 5.56 Å². The van der Waals surface area contributed by atoms with Crippen molar-refractivity contribution in [3.63, 3.8) is 0 Å². The number of thioether (sulfide) groups is 1. The van der Waals surface area contributed by atoms with Gasteiger partial charge in [0.2, 0.25) is 5.89 Å². The molecular weight excluding hydrogens is 392 g/mol. The molecule has 0 saturated carbocycles. The molecule has 0 N–H and O–H groups in total. The molecule has 0 aliphatic heterocycles. The first-order valence-corrected chi connectivity index (χ1v) is 10.8. The van der Waals surface area contributed by atoms with Gasteiger partial charge in [0.15, 0.2) is 11.5 Å². The van der Waals surface area contributed by atoms with E-state index in [1.54, 1.807) is 4.57 Å². The molecule has 3 aromatic heterocycles. The van der Waals surface area contributed by atoms with Crippen molar-refractivity contribution < 1.29 is 4.52 Å². The highest BCUT2D eigenvalue weighted by molar-refractivity contribution is 7.98. The minimum atomic E-state index is -0.396. The fourth-order valence-corrected chi connectivity index (χ4v) is 3.80. The van der Waals surface area contributed by atoms with Crippen molar-refractivity contribution in [2.75, 3.05) is 0 Å². The standard InChI is InChI=1S/C19H26N6O3S/c1-6-8-12-20-13(28-23-12)10-29-17-14-16(21-15(22-17)11(3)4)25(9-7-2)19(27)24(5)18(14)26/h11H,6-10H2,1-5H3. The predicted octanol–water partition coefficient (Wildman–Crippen LogP) is 2.65. The summed E-state index contributed by atoms with van der Waals surface area (Å²) in [7, 11) is 1.48. The number of rotatable bonds is 8. The number of nitrogens with zero attached hydrogens (tertiary/aromatic N) is 6. The first-order valence-electron chi connectivity index (χ1n) is 9.83. The largest absolute Gasteiger partial charge is 0.338 e. The summed E-state index contributed by atoms with van der Waals surface area (Å²) in [6.07, 6.45) is 2.44. The number of fused-ring (bicyclic) bond motifs is 1. The van der Waals surface area contributed by atoms with Gasteiger partial charge in [-0.15, -0.1) is 0 Å². The van der Waals surface area contributed by atoms with Crippen molar-refractivity contribution in [3.05, 3.63) is 38.4 Å². The second-order valence-corrected chi connectivity index (χ2v) is 8.15. The summed E-state index contributed by atoms with van der Waals surface area (Å²) in [5.41, 5.74) is -0.375. The highest BCUT2D eigenvalue weighted by Gasteiger charge is 2.20. The van der Waals surface area contributed by atoms with Gasteiger partial charge in [0, 0.05) is 25.9 Å². The van der Waals surface area contributed by atoms with Gasteiger partial charge in [0.05, 0.1) is 5.75 Å². The topological polar surface area (TPSA) is 109 Å². The quantitative estimate of drug-likeness (QED) is 0.406. The van der Waals surface area contributed by atoms with Crippen molar-refractivity contribution in [1.82, 2.24) is 29.2 Å². The molecule has 3 heterocycles. The van der Waals surface area contributed by atoms with E-state index in [0.29, 0.717) is 45.9 Å². The zero-order valence-electron chi connectivity index (χ0n) is 17.4. The Morgan fingerprint density at radius 1 is 1.10 bits per heavy atom. The fraction of sp³-hybridized carbons (Fsp3) is 0.579. The normalized spacial score (nSPS) is 11.7. The van der Waals surface area contributed by atoms with Crippen LogP contribution in [0.3, 0.4) is 0 Å². The van der Waals surface area contributed by atoms with E-state index in [1.165, 1.54) is 18.8 Å². The maximum Gasteiger partial charge on any atom is 0.332 e. The lowest BCUT2D eigenvalue weighted by Gasteiger charge is -2.14. The Balaban J connectivity index is 2.13. The summed E-state index contributed by atoms with van der Waals surface area (Å²) in [5.74, 6) is 2.18. The molecule has 0 fully saturated rings. The van der Waals surface area contributed by atoms with E-state index in [0.717, 1.165) is 23.8 Å². The maximum atomic E-state index is 12.9. The minimum Gasteiger partial charge on any atom is -0.338 e. The lowest BCUT2D eigenvalue weighted by atomic mass is 10.2. The Kier molecular flexibility index (Phi) is 6.51. The van der Waals surface area contributed by atoms with Crippen LogP contribution in [0, 0.1) is 0 Å². The lowest BCUT2D eigenvalue weighted by Crippen LogP contribution is -2.39. The van der Waals surface area contributed by atoms with Crippen molar-refractivity contribution >= 4 is 22.8 Å². The predicted molar refractivity (Wildman–Crippen MR) is 111 cm³/mol. The lowest BCUT2D eigenvalue weighted by molar-refractivity contribution is 0.384. The van der Waals surface area contributed by atoms with Crippen molar-refractivity contribution in [2.24, 2.45) is 7.05 Å². The monoisotopic (exact) mass is 418 g/mol. The fourth-order valence-electron chi connectivity index (χ4n) is 2.95. The van der Waals surface area contributed by atoms with Gasteiger partial charge < -0.3 is 4.52 Å². The molecule has 3 aromatic rings. The van der Waals surface area contributed by atoms with E-state index in [-0.39, 0.29) is 11.6 Å². The van der Waals surface area contributed by atoms with Crippen LogP contribution in [-0.4, -0.2) is 29.2 Å². The smallest absolute Gasteiger partial charge is 0.332 e. The molecule has 3 rings (SSSR count). The number of hydrogen-bond acceptors (Lipinski definition) is 8. The molecule has 0 spiro atoms. The van der Waals surface area contributed by atoms with Crippen LogP contribution < -0.4 is 11.2 Å². The maximum absolute atomic E-state index is 12.9. The second kappa shape index (κ2) is 8.89.